The SMILES string of the molecule is Cc1c(O)c(-c2ncc3c(=O)n([C@@H]4C[C@@H](C)N[C@@H](C)C4)ccc3n2)cc2cn(C)nc12. The molecule has 0 radical (unpaired) electrons. The maximum atomic E-state index is 13.2. The minimum absolute atomic E-state index is 0.0709. The number of phenolic OH excluding ortho intramolecular Hbond substituents is 1. The number of nitrogens with zero attached hydrogens (tertiary/aromatic N) is 5. The van der Waals surface area contributed by atoms with Crippen LogP contribution < -0.4 is 10.9 Å². The fourth-order valence-electron chi connectivity index (χ4n) is 4.84. The Balaban J connectivity index is 1.60. The van der Waals surface area contributed by atoms with Gasteiger partial charge in [0.05, 0.1) is 22.0 Å². The van der Waals surface area contributed by atoms with Gasteiger partial charge in [-0.1, -0.05) is 0 Å². The molecule has 0 amide bonds. The van der Waals surface area contributed by atoms with Gasteiger partial charge in [-0.25, -0.2) is 9.97 Å². The van der Waals surface area contributed by atoms with Crippen molar-refractivity contribution in [3.63, 3.8) is 0 Å². The van der Waals surface area contributed by atoms with E-state index >= 15 is 0 Å². The number of hydrogen-bond acceptors (Lipinski definition) is 6. The minimum Gasteiger partial charge on any atom is -0.507 e. The van der Waals surface area contributed by atoms with Crippen LogP contribution in [0.25, 0.3) is 33.2 Å². The van der Waals surface area contributed by atoms with Crippen molar-refractivity contribution in [1.29, 1.82) is 0 Å². The van der Waals surface area contributed by atoms with Gasteiger partial charge in [0.25, 0.3) is 5.56 Å². The third-order valence-corrected chi connectivity index (χ3v) is 6.25. The molecule has 0 saturated carbocycles. The molecule has 8 heteroatoms. The first-order valence-corrected chi connectivity index (χ1v) is 10.6. The highest BCUT2D eigenvalue weighted by atomic mass is 16.3. The summed E-state index contributed by atoms with van der Waals surface area (Å²) in [6.45, 7) is 6.13. The second kappa shape index (κ2) is 7.16. The number of aryl methyl sites for hydroxylation is 2. The molecular formula is C23H26N6O2. The number of piperidine rings is 1. The topological polar surface area (TPSA) is 97.9 Å². The summed E-state index contributed by atoms with van der Waals surface area (Å²) >= 11 is 0. The van der Waals surface area contributed by atoms with E-state index in [-0.39, 0.29) is 17.4 Å². The Labute approximate surface area is 179 Å². The molecule has 4 heterocycles. The lowest BCUT2D eigenvalue weighted by atomic mass is 9.95. The molecule has 0 bridgehead atoms. The Morgan fingerprint density at radius 2 is 1.97 bits per heavy atom. The van der Waals surface area contributed by atoms with Crippen molar-refractivity contribution in [2.45, 2.75) is 51.7 Å². The third kappa shape index (κ3) is 3.27. The van der Waals surface area contributed by atoms with Crippen molar-refractivity contribution in [3.05, 3.63) is 46.6 Å². The molecule has 5 rings (SSSR count). The fraction of sp³-hybridized carbons (Fsp3) is 0.391. The van der Waals surface area contributed by atoms with Gasteiger partial charge in [-0.05, 0) is 45.7 Å². The first-order chi connectivity index (χ1) is 14.8. The molecular weight excluding hydrogens is 392 g/mol. The van der Waals surface area contributed by atoms with Crippen molar-refractivity contribution in [2.75, 3.05) is 0 Å². The highest BCUT2D eigenvalue weighted by Gasteiger charge is 2.25. The zero-order chi connectivity index (χ0) is 21.9. The summed E-state index contributed by atoms with van der Waals surface area (Å²) < 4.78 is 3.54. The summed E-state index contributed by atoms with van der Waals surface area (Å²) in [5, 5.41) is 20.1. The monoisotopic (exact) mass is 418 g/mol. The summed E-state index contributed by atoms with van der Waals surface area (Å²) in [6.07, 6.45) is 7.13. The molecule has 2 N–H and O–H groups in total. The van der Waals surface area contributed by atoms with Crippen molar-refractivity contribution in [1.82, 2.24) is 29.6 Å². The van der Waals surface area contributed by atoms with E-state index in [1.807, 2.05) is 43.1 Å². The number of phenols is 1. The normalized spacial score (nSPS) is 21.7. The van der Waals surface area contributed by atoms with Gasteiger partial charge in [0.15, 0.2) is 5.82 Å². The van der Waals surface area contributed by atoms with Gasteiger partial charge in [0, 0.05) is 54.7 Å². The van der Waals surface area contributed by atoms with Gasteiger partial charge in [-0.2, -0.15) is 5.10 Å². The zero-order valence-electron chi connectivity index (χ0n) is 18.1. The first kappa shape index (κ1) is 19.7. The van der Waals surface area contributed by atoms with Crippen molar-refractivity contribution < 1.29 is 5.11 Å². The molecule has 4 aromatic rings. The summed E-state index contributed by atoms with van der Waals surface area (Å²) in [6, 6.07) is 4.59. The van der Waals surface area contributed by atoms with Gasteiger partial charge < -0.3 is 15.0 Å². The second-order valence-electron chi connectivity index (χ2n) is 8.75. The first-order valence-electron chi connectivity index (χ1n) is 10.6. The van der Waals surface area contributed by atoms with E-state index in [0.717, 1.165) is 23.7 Å². The summed E-state index contributed by atoms with van der Waals surface area (Å²) in [5.74, 6) is 0.497. The van der Waals surface area contributed by atoms with E-state index in [2.05, 4.69) is 34.2 Å². The van der Waals surface area contributed by atoms with Crippen LogP contribution in [0, 0.1) is 6.92 Å². The molecule has 3 aromatic heterocycles. The second-order valence-corrected chi connectivity index (χ2v) is 8.75. The predicted octanol–water partition coefficient (Wildman–Crippen LogP) is 3.06. The molecule has 8 nitrogen and oxygen atoms in total. The van der Waals surface area contributed by atoms with Crippen LogP contribution in [0.2, 0.25) is 0 Å². The fourth-order valence-corrected chi connectivity index (χ4v) is 4.84. The lowest BCUT2D eigenvalue weighted by molar-refractivity contribution is 0.260. The molecule has 160 valence electrons. The molecule has 1 saturated heterocycles. The maximum absolute atomic E-state index is 13.2. The van der Waals surface area contributed by atoms with Crippen LogP contribution in [0.4, 0.5) is 0 Å². The van der Waals surface area contributed by atoms with E-state index in [4.69, 9.17) is 0 Å². The van der Waals surface area contributed by atoms with Crippen LogP contribution in [-0.4, -0.2) is 41.5 Å². The van der Waals surface area contributed by atoms with Crippen LogP contribution in [0.3, 0.4) is 0 Å². The van der Waals surface area contributed by atoms with Gasteiger partial charge >= 0.3 is 0 Å². The van der Waals surface area contributed by atoms with Gasteiger partial charge in [0.1, 0.15) is 5.75 Å². The average Bonchev–Trinajstić information content (AvgIpc) is 3.10. The van der Waals surface area contributed by atoms with Crippen LogP contribution in [0.5, 0.6) is 5.75 Å². The Bertz CT molecular complexity index is 1360. The largest absolute Gasteiger partial charge is 0.507 e. The molecule has 1 aliphatic heterocycles. The van der Waals surface area contributed by atoms with Crippen LogP contribution in [0.15, 0.2) is 35.5 Å². The Morgan fingerprint density at radius 1 is 1.23 bits per heavy atom. The number of rotatable bonds is 2. The molecule has 0 spiro atoms. The van der Waals surface area contributed by atoms with Gasteiger partial charge in [-0.15, -0.1) is 0 Å². The quantitative estimate of drug-likeness (QED) is 0.519. The summed E-state index contributed by atoms with van der Waals surface area (Å²) in [5.41, 5.74) is 2.47. The number of aromatic hydroxyl groups is 1. The number of fused-ring (bicyclic) bond motifs is 2. The van der Waals surface area contributed by atoms with Crippen molar-refractivity contribution >= 4 is 21.8 Å². The van der Waals surface area contributed by atoms with Gasteiger partial charge in [0.2, 0.25) is 0 Å². The summed E-state index contributed by atoms with van der Waals surface area (Å²) in [7, 11) is 1.84. The molecule has 1 fully saturated rings. The van der Waals surface area contributed by atoms with E-state index in [0.29, 0.717) is 39.9 Å². The Kier molecular flexibility index (Phi) is 4.55. The van der Waals surface area contributed by atoms with Crippen LogP contribution in [-0.2, 0) is 7.05 Å². The third-order valence-electron chi connectivity index (χ3n) is 6.25. The number of aromatic nitrogens is 5. The molecule has 0 unspecified atom stereocenters. The molecule has 1 aromatic carbocycles. The number of hydrogen-bond donors (Lipinski definition) is 2. The van der Waals surface area contributed by atoms with Crippen LogP contribution in [0.1, 0.15) is 38.3 Å². The summed E-state index contributed by atoms with van der Waals surface area (Å²) in [4.78, 5) is 22.2. The predicted molar refractivity (Wildman–Crippen MR) is 120 cm³/mol. The van der Waals surface area contributed by atoms with E-state index in [9.17, 15) is 9.90 Å². The molecule has 1 aliphatic rings. The Hall–Kier alpha value is -3.26. The zero-order valence-corrected chi connectivity index (χ0v) is 18.1. The van der Waals surface area contributed by atoms with Gasteiger partial charge in [-0.3, -0.25) is 9.48 Å². The average molecular weight is 419 g/mol. The number of pyridine rings is 1. The molecule has 31 heavy (non-hydrogen) atoms. The van der Waals surface area contributed by atoms with Crippen LogP contribution >= 0.6 is 0 Å². The highest BCUT2D eigenvalue weighted by molar-refractivity contribution is 5.90. The lowest BCUT2D eigenvalue weighted by Gasteiger charge is -2.34. The van der Waals surface area contributed by atoms with Crippen molar-refractivity contribution in [2.24, 2.45) is 7.05 Å². The van der Waals surface area contributed by atoms with E-state index in [1.54, 1.807) is 10.9 Å². The number of nitrogens with one attached hydrogen (secondary N) is 1. The molecule has 0 aliphatic carbocycles. The standard InChI is InChI=1S/C23H26N6O2/c1-12-7-16(8-13(2)25-12)29-6-5-19-18(23(29)31)10-24-22(26-19)17-9-15-11-28(4)27-20(15)14(3)21(17)30/h5-6,9-13,16,25,30H,7-8H2,1-4H3/t12-,13+,16-. The van der Waals surface area contributed by atoms with Crippen molar-refractivity contribution in [3.8, 4) is 17.1 Å². The number of benzene rings is 1. The Morgan fingerprint density at radius 3 is 2.71 bits per heavy atom. The minimum atomic E-state index is -0.0709. The van der Waals surface area contributed by atoms with E-state index < -0.39 is 0 Å². The maximum Gasteiger partial charge on any atom is 0.261 e. The smallest absolute Gasteiger partial charge is 0.261 e. The highest BCUT2D eigenvalue weighted by Crippen LogP contribution is 2.35. The molecule has 3 atom stereocenters. The lowest BCUT2D eigenvalue weighted by Crippen LogP contribution is -2.44. The van der Waals surface area contributed by atoms with E-state index in [1.165, 1.54) is 0 Å².